The normalized spacial score (nSPS) is 14.9. The van der Waals surface area contributed by atoms with Crippen molar-refractivity contribution in [3.05, 3.63) is 84.2 Å². The minimum atomic E-state index is -0.112. The number of amides is 1. The Morgan fingerprint density at radius 2 is 1.44 bits per heavy atom. The molecule has 0 unspecified atom stereocenters. The van der Waals surface area contributed by atoms with Crippen LogP contribution < -0.4 is 5.32 Å². The number of nitrogens with zero attached hydrogens (tertiary/aromatic N) is 4. The van der Waals surface area contributed by atoms with Gasteiger partial charge in [-0.25, -0.2) is 9.97 Å². The largest absolute Gasteiger partial charge is 0.352 e. The highest BCUT2D eigenvalue weighted by atomic mass is 16.1. The van der Waals surface area contributed by atoms with Crippen LogP contribution in [-0.2, 0) is 6.54 Å². The van der Waals surface area contributed by atoms with Crippen LogP contribution in [0.1, 0.15) is 28.8 Å². The van der Waals surface area contributed by atoms with E-state index >= 15 is 0 Å². The maximum Gasteiger partial charge on any atom is 0.254 e. The average Bonchev–Trinajstić information content (AvgIpc) is 2.86. The number of unbranched alkanes of at least 4 members (excludes halogenated alkanes) is 1. The van der Waals surface area contributed by atoms with Gasteiger partial charge in [0.15, 0.2) is 5.82 Å². The Bertz CT molecular complexity index is 955. The molecule has 0 spiro atoms. The van der Waals surface area contributed by atoms with E-state index in [0.717, 1.165) is 57.7 Å². The van der Waals surface area contributed by atoms with Crippen LogP contribution in [0.5, 0.6) is 0 Å². The third-order valence-electron chi connectivity index (χ3n) is 5.85. The minimum Gasteiger partial charge on any atom is -0.352 e. The first kappa shape index (κ1) is 22.1. The Labute approximate surface area is 190 Å². The molecular formula is C26H31N5O. The summed E-state index contributed by atoms with van der Waals surface area (Å²) in [6.45, 7) is 7.26. The topological polar surface area (TPSA) is 61.4 Å². The number of piperazine rings is 1. The molecule has 6 heteroatoms. The highest BCUT2D eigenvalue weighted by molar-refractivity contribution is 5.93. The SMILES string of the molecule is O=C(NCCCCN1CCN(Cc2ccccc2)CC1)c1cnc(-c2ccccc2)nc1. The zero-order valence-corrected chi connectivity index (χ0v) is 18.5. The molecule has 1 saturated heterocycles. The summed E-state index contributed by atoms with van der Waals surface area (Å²) >= 11 is 0. The van der Waals surface area contributed by atoms with Crippen molar-refractivity contribution in [2.75, 3.05) is 39.3 Å². The standard InChI is InChI=1S/C26H31N5O/c32-26(24-19-28-25(29-20-24)23-11-5-2-6-12-23)27-13-7-8-14-30-15-17-31(18-16-30)21-22-9-3-1-4-10-22/h1-6,9-12,19-20H,7-8,13-18,21H2,(H,27,32). The molecule has 0 radical (unpaired) electrons. The zero-order chi connectivity index (χ0) is 22.0. The van der Waals surface area contributed by atoms with Gasteiger partial charge >= 0.3 is 0 Å². The number of carbonyl (C=O) groups excluding carboxylic acids is 1. The maximum atomic E-state index is 12.3. The van der Waals surface area contributed by atoms with Crippen LogP contribution in [0.2, 0.25) is 0 Å². The van der Waals surface area contributed by atoms with Gasteiger partial charge in [0.2, 0.25) is 0 Å². The molecule has 0 saturated carbocycles. The van der Waals surface area contributed by atoms with Crippen molar-refractivity contribution in [2.24, 2.45) is 0 Å². The van der Waals surface area contributed by atoms with Crippen molar-refractivity contribution in [1.82, 2.24) is 25.1 Å². The fourth-order valence-electron chi connectivity index (χ4n) is 3.96. The number of hydrogen-bond acceptors (Lipinski definition) is 5. The van der Waals surface area contributed by atoms with Gasteiger partial charge in [0.05, 0.1) is 5.56 Å². The highest BCUT2D eigenvalue weighted by Crippen LogP contribution is 2.13. The van der Waals surface area contributed by atoms with Gasteiger partial charge in [0.1, 0.15) is 0 Å². The molecule has 1 aliphatic rings. The lowest BCUT2D eigenvalue weighted by Crippen LogP contribution is -2.46. The third-order valence-corrected chi connectivity index (χ3v) is 5.85. The fraction of sp³-hybridized carbons (Fsp3) is 0.346. The second kappa shape index (κ2) is 11.5. The van der Waals surface area contributed by atoms with Crippen LogP contribution in [0.25, 0.3) is 11.4 Å². The van der Waals surface area contributed by atoms with Crippen LogP contribution >= 0.6 is 0 Å². The molecule has 2 heterocycles. The Balaban J connectivity index is 1.10. The van der Waals surface area contributed by atoms with E-state index in [4.69, 9.17) is 0 Å². The maximum absolute atomic E-state index is 12.3. The van der Waals surface area contributed by atoms with Gasteiger partial charge in [-0.05, 0) is 24.9 Å². The molecule has 3 aromatic rings. The molecule has 0 aliphatic carbocycles. The van der Waals surface area contributed by atoms with Crippen molar-refractivity contribution in [1.29, 1.82) is 0 Å². The number of aromatic nitrogens is 2. The summed E-state index contributed by atoms with van der Waals surface area (Å²) in [7, 11) is 0. The van der Waals surface area contributed by atoms with E-state index in [0.29, 0.717) is 17.9 Å². The van der Waals surface area contributed by atoms with Gasteiger partial charge in [-0.1, -0.05) is 60.7 Å². The van der Waals surface area contributed by atoms with E-state index in [-0.39, 0.29) is 5.91 Å². The molecule has 6 nitrogen and oxygen atoms in total. The Kier molecular flexibility index (Phi) is 7.95. The first-order valence-electron chi connectivity index (χ1n) is 11.4. The van der Waals surface area contributed by atoms with Gasteiger partial charge in [0, 0.05) is 57.2 Å². The number of carbonyl (C=O) groups is 1. The van der Waals surface area contributed by atoms with Crippen molar-refractivity contribution < 1.29 is 4.79 Å². The van der Waals surface area contributed by atoms with Gasteiger partial charge in [-0.15, -0.1) is 0 Å². The molecule has 2 aromatic carbocycles. The predicted octanol–water partition coefficient (Wildman–Crippen LogP) is 3.47. The van der Waals surface area contributed by atoms with E-state index in [1.54, 1.807) is 12.4 Å². The number of nitrogens with one attached hydrogen (secondary N) is 1. The summed E-state index contributed by atoms with van der Waals surface area (Å²) in [4.78, 5) is 26.0. The Morgan fingerprint density at radius 3 is 2.12 bits per heavy atom. The number of hydrogen-bond donors (Lipinski definition) is 1. The monoisotopic (exact) mass is 429 g/mol. The number of rotatable bonds is 9. The second-order valence-corrected chi connectivity index (χ2v) is 8.23. The molecule has 1 aliphatic heterocycles. The summed E-state index contributed by atoms with van der Waals surface area (Å²) in [5, 5.41) is 2.98. The van der Waals surface area contributed by atoms with Crippen LogP contribution in [-0.4, -0.2) is 64.9 Å². The molecule has 4 rings (SSSR count). The molecule has 0 bridgehead atoms. The summed E-state index contributed by atoms with van der Waals surface area (Å²) < 4.78 is 0. The zero-order valence-electron chi connectivity index (χ0n) is 18.5. The van der Waals surface area contributed by atoms with Gasteiger partial charge in [-0.2, -0.15) is 0 Å². The lowest BCUT2D eigenvalue weighted by Gasteiger charge is -2.34. The molecule has 0 atom stereocenters. The van der Waals surface area contributed by atoms with E-state index in [2.05, 4.69) is 55.4 Å². The van der Waals surface area contributed by atoms with Gasteiger partial charge in [-0.3, -0.25) is 9.69 Å². The Morgan fingerprint density at radius 1 is 0.812 bits per heavy atom. The van der Waals surface area contributed by atoms with Crippen molar-refractivity contribution in [2.45, 2.75) is 19.4 Å². The lowest BCUT2D eigenvalue weighted by atomic mass is 10.2. The first-order valence-corrected chi connectivity index (χ1v) is 11.4. The van der Waals surface area contributed by atoms with Crippen LogP contribution in [0.4, 0.5) is 0 Å². The van der Waals surface area contributed by atoms with E-state index in [9.17, 15) is 4.79 Å². The molecule has 1 aromatic heterocycles. The van der Waals surface area contributed by atoms with Crippen LogP contribution in [0.3, 0.4) is 0 Å². The van der Waals surface area contributed by atoms with E-state index in [1.807, 2.05) is 30.3 Å². The first-order chi connectivity index (χ1) is 15.8. The summed E-state index contributed by atoms with van der Waals surface area (Å²) in [5.74, 6) is 0.519. The number of benzene rings is 2. The van der Waals surface area contributed by atoms with Gasteiger partial charge in [0.25, 0.3) is 5.91 Å². The highest BCUT2D eigenvalue weighted by Gasteiger charge is 2.16. The molecule has 1 fully saturated rings. The molecule has 166 valence electrons. The van der Waals surface area contributed by atoms with Crippen LogP contribution in [0.15, 0.2) is 73.1 Å². The molecule has 1 N–H and O–H groups in total. The summed E-state index contributed by atoms with van der Waals surface area (Å²) in [5.41, 5.74) is 2.83. The predicted molar refractivity (Wildman–Crippen MR) is 127 cm³/mol. The van der Waals surface area contributed by atoms with Gasteiger partial charge < -0.3 is 10.2 Å². The quantitative estimate of drug-likeness (QED) is 0.528. The summed E-state index contributed by atoms with van der Waals surface area (Å²) in [6, 6.07) is 20.4. The lowest BCUT2D eigenvalue weighted by molar-refractivity contribution is 0.0950. The van der Waals surface area contributed by atoms with Crippen LogP contribution in [0, 0.1) is 0 Å². The van der Waals surface area contributed by atoms with Crippen molar-refractivity contribution >= 4 is 5.91 Å². The van der Waals surface area contributed by atoms with Crippen molar-refractivity contribution in [3.8, 4) is 11.4 Å². The molecule has 32 heavy (non-hydrogen) atoms. The smallest absolute Gasteiger partial charge is 0.254 e. The summed E-state index contributed by atoms with van der Waals surface area (Å²) in [6.07, 6.45) is 5.25. The Hall–Kier alpha value is -3.09. The third kappa shape index (κ3) is 6.45. The second-order valence-electron chi connectivity index (χ2n) is 8.23. The van der Waals surface area contributed by atoms with Crippen molar-refractivity contribution in [3.63, 3.8) is 0 Å². The van der Waals surface area contributed by atoms with E-state index in [1.165, 1.54) is 5.56 Å². The fourth-order valence-corrected chi connectivity index (χ4v) is 3.96. The average molecular weight is 430 g/mol. The minimum absolute atomic E-state index is 0.112. The molecular weight excluding hydrogens is 398 g/mol. The van der Waals surface area contributed by atoms with E-state index < -0.39 is 0 Å². The molecule has 1 amide bonds.